The molecule has 2 heterocycles. The van der Waals surface area contributed by atoms with Gasteiger partial charge in [0.05, 0.1) is 6.54 Å². The van der Waals surface area contributed by atoms with Gasteiger partial charge in [-0.1, -0.05) is 0 Å². The quantitative estimate of drug-likeness (QED) is 0.698. The van der Waals surface area contributed by atoms with E-state index < -0.39 is 0 Å². The normalized spacial score (nSPS) is 33.9. The largest absolute Gasteiger partial charge is 0.443 e. The molecule has 2 aliphatic heterocycles. The van der Waals surface area contributed by atoms with Crippen molar-refractivity contribution in [2.75, 3.05) is 24.6 Å². The Balaban J connectivity index is 1.95. The summed E-state index contributed by atoms with van der Waals surface area (Å²) in [7, 11) is 0. The summed E-state index contributed by atoms with van der Waals surface area (Å²) >= 11 is 1.90. The van der Waals surface area contributed by atoms with E-state index in [1.807, 2.05) is 16.7 Å². The minimum atomic E-state index is -0.178. The van der Waals surface area contributed by atoms with Gasteiger partial charge in [-0.05, 0) is 12.2 Å². The van der Waals surface area contributed by atoms with Gasteiger partial charge in [0.15, 0.2) is 0 Å². The number of carbonyl (C=O) groups is 1. The molecule has 0 radical (unpaired) electrons. The molecule has 0 aliphatic carbocycles. The fraction of sp³-hybridized carbons (Fsp3) is 0.875. The van der Waals surface area contributed by atoms with Crippen LogP contribution in [0.15, 0.2) is 0 Å². The van der Waals surface area contributed by atoms with Crippen molar-refractivity contribution in [3.63, 3.8) is 0 Å². The van der Waals surface area contributed by atoms with E-state index in [9.17, 15) is 4.79 Å². The van der Waals surface area contributed by atoms with E-state index in [-0.39, 0.29) is 12.2 Å². The SMILES string of the molecule is NC[C@H]1CN(C2CCSC2)C(=O)O1. The van der Waals surface area contributed by atoms with E-state index in [0.29, 0.717) is 19.1 Å². The summed E-state index contributed by atoms with van der Waals surface area (Å²) < 4.78 is 5.09. The van der Waals surface area contributed by atoms with Crippen LogP contribution in [0.2, 0.25) is 0 Å². The standard InChI is InChI=1S/C8H14N2O2S/c9-3-7-4-10(8(11)12-7)6-1-2-13-5-6/h6-7H,1-5,9H2/t6?,7-/m0/s1. The predicted molar refractivity (Wildman–Crippen MR) is 51.8 cm³/mol. The third kappa shape index (κ3) is 1.76. The molecule has 1 unspecified atom stereocenters. The second-order valence-electron chi connectivity index (χ2n) is 3.41. The Bertz CT molecular complexity index is 206. The number of carbonyl (C=O) groups excluding carboxylic acids is 1. The fourth-order valence-corrected chi connectivity index (χ4v) is 2.95. The molecule has 13 heavy (non-hydrogen) atoms. The third-order valence-corrected chi connectivity index (χ3v) is 3.66. The van der Waals surface area contributed by atoms with Crippen molar-refractivity contribution in [1.29, 1.82) is 0 Å². The van der Waals surface area contributed by atoms with Crippen molar-refractivity contribution in [2.45, 2.75) is 18.6 Å². The van der Waals surface area contributed by atoms with Gasteiger partial charge in [-0.3, -0.25) is 0 Å². The lowest BCUT2D eigenvalue weighted by molar-refractivity contribution is 0.131. The van der Waals surface area contributed by atoms with Crippen LogP contribution in [-0.4, -0.2) is 47.7 Å². The number of rotatable bonds is 2. The van der Waals surface area contributed by atoms with Gasteiger partial charge in [-0.25, -0.2) is 4.79 Å². The van der Waals surface area contributed by atoms with Crippen LogP contribution in [0.5, 0.6) is 0 Å². The molecule has 2 N–H and O–H groups in total. The summed E-state index contributed by atoms with van der Waals surface area (Å²) in [6, 6.07) is 0.383. The number of thioether (sulfide) groups is 1. The van der Waals surface area contributed by atoms with E-state index in [1.165, 1.54) is 0 Å². The maximum atomic E-state index is 11.4. The fourth-order valence-electron chi connectivity index (χ4n) is 1.73. The summed E-state index contributed by atoms with van der Waals surface area (Å²) in [6.45, 7) is 1.11. The lowest BCUT2D eigenvalue weighted by Gasteiger charge is -2.19. The van der Waals surface area contributed by atoms with Crippen LogP contribution in [0.3, 0.4) is 0 Å². The summed E-state index contributed by atoms with van der Waals surface area (Å²) in [6.07, 6.45) is 0.831. The third-order valence-electron chi connectivity index (χ3n) is 2.51. The molecule has 0 aromatic rings. The molecule has 2 fully saturated rings. The van der Waals surface area contributed by atoms with Crippen molar-refractivity contribution < 1.29 is 9.53 Å². The number of hydrogen-bond acceptors (Lipinski definition) is 4. The molecule has 2 rings (SSSR count). The van der Waals surface area contributed by atoms with Crippen LogP contribution < -0.4 is 5.73 Å². The summed E-state index contributed by atoms with van der Waals surface area (Å²) in [5.41, 5.74) is 5.45. The molecule has 2 atom stereocenters. The summed E-state index contributed by atoms with van der Waals surface area (Å²) in [5, 5.41) is 0. The number of nitrogens with zero attached hydrogens (tertiary/aromatic N) is 1. The van der Waals surface area contributed by atoms with Crippen LogP contribution >= 0.6 is 11.8 Å². The van der Waals surface area contributed by atoms with Gasteiger partial charge >= 0.3 is 6.09 Å². The second-order valence-corrected chi connectivity index (χ2v) is 4.56. The topological polar surface area (TPSA) is 55.6 Å². The van der Waals surface area contributed by atoms with E-state index in [4.69, 9.17) is 10.5 Å². The van der Waals surface area contributed by atoms with Crippen molar-refractivity contribution >= 4 is 17.9 Å². The van der Waals surface area contributed by atoms with Crippen molar-refractivity contribution in [3.05, 3.63) is 0 Å². The molecule has 0 bridgehead atoms. The first kappa shape index (κ1) is 9.15. The molecule has 0 aromatic heterocycles. The number of ether oxygens (including phenoxy) is 1. The van der Waals surface area contributed by atoms with E-state index >= 15 is 0 Å². The highest BCUT2D eigenvalue weighted by atomic mass is 32.2. The maximum Gasteiger partial charge on any atom is 0.410 e. The number of hydrogen-bond donors (Lipinski definition) is 1. The average molecular weight is 202 g/mol. The Labute approximate surface area is 81.8 Å². The molecule has 0 aromatic carbocycles. The highest BCUT2D eigenvalue weighted by molar-refractivity contribution is 7.99. The summed E-state index contributed by atoms with van der Waals surface area (Å²) in [4.78, 5) is 13.2. The number of nitrogens with two attached hydrogens (primary N) is 1. The van der Waals surface area contributed by atoms with Gasteiger partial charge in [0.1, 0.15) is 6.10 Å². The Kier molecular flexibility index (Phi) is 2.64. The monoisotopic (exact) mass is 202 g/mol. The zero-order valence-electron chi connectivity index (χ0n) is 7.44. The molecule has 2 aliphatic rings. The van der Waals surface area contributed by atoms with E-state index in [2.05, 4.69) is 0 Å². The molecule has 2 saturated heterocycles. The van der Waals surface area contributed by atoms with Crippen LogP contribution in [0.1, 0.15) is 6.42 Å². The van der Waals surface area contributed by atoms with Crippen molar-refractivity contribution in [2.24, 2.45) is 5.73 Å². The van der Waals surface area contributed by atoms with Crippen molar-refractivity contribution in [1.82, 2.24) is 4.90 Å². The molecule has 4 nitrogen and oxygen atoms in total. The summed E-state index contributed by atoms with van der Waals surface area (Å²) in [5.74, 6) is 2.20. The first-order valence-corrected chi connectivity index (χ1v) is 5.72. The van der Waals surface area contributed by atoms with Crippen LogP contribution in [0, 0.1) is 0 Å². The maximum absolute atomic E-state index is 11.4. The first-order chi connectivity index (χ1) is 6.31. The van der Waals surface area contributed by atoms with Crippen LogP contribution in [0.25, 0.3) is 0 Å². The van der Waals surface area contributed by atoms with Crippen molar-refractivity contribution in [3.8, 4) is 0 Å². The Hall–Kier alpha value is -0.420. The molecule has 0 saturated carbocycles. The lowest BCUT2D eigenvalue weighted by atomic mass is 10.2. The first-order valence-electron chi connectivity index (χ1n) is 4.56. The van der Waals surface area contributed by atoms with Gasteiger partial charge in [0.2, 0.25) is 0 Å². The van der Waals surface area contributed by atoms with Gasteiger partial charge in [-0.2, -0.15) is 11.8 Å². The number of amides is 1. The molecule has 0 spiro atoms. The zero-order valence-corrected chi connectivity index (χ0v) is 8.26. The zero-order chi connectivity index (χ0) is 9.26. The smallest absolute Gasteiger partial charge is 0.410 e. The molecule has 5 heteroatoms. The van der Waals surface area contributed by atoms with E-state index in [1.54, 1.807) is 0 Å². The highest BCUT2D eigenvalue weighted by Crippen LogP contribution is 2.25. The molecule has 1 amide bonds. The minimum absolute atomic E-state index is 0.0851. The number of cyclic esters (lactones) is 1. The van der Waals surface area contributed by atoms with Gasteiger partial charge in [-0.15, -0.1) is 0 Å². The minimum Gasteiger partial charge on any atom is -0.443 e. The molecule has 74 valence electrons. The Morgan fingerprint density at radius 2 is 2.54 bits per heavy atom. The second kappa shape index (κ2) is 3.75. The van der Waals surface area contributed by atoms with E-state index in [0.717, 1.165) is 17.9 Å². The van der Waals surface area contributed by atoms with Gasteiger partial charge in [0, 0.05) is 18.3 Å². The van der Waals surface area contributed by atoms with Crippen LogP contribution in [-0.2, 0) is 4.74 Å². The molecular weight excluding hydrogens is 188 g/mol. The Morgan fingerprint density at radius 3 is 3.08 bits per heavy atom. The van der Waals surface area contributed by atoms with Gasteiger partial charge < -0.3 is 15.4 Å². The van der Waals surface area contributed by atoms with Gasteiger partial charge in [0.25, 0.3) is 0 Å². The van der Waals surface area contributed by atoms with Crippen LogP contribution in [0.4, 0.5) is 4.79 Å². The highest BCUT2D eigenvalue weighted by Gasteiger charge is 2.36. The Morgan fingerprint density at radius 1 is 1.69 bits per heavy atom. The average Bonchev–Trinajstić information content (AvgIpc) is 2.72. The predicted octanol–water partition coefficient (Wildman–Crippen LogP) is 0.271. The molecular formula is C8H14N2O2S. The lowest BCUT2D eigenvalue weighted by Crippen LogP contribution is -2.37.